The van der Waals surface area contributed by atoms with Crippen molar-refractivity contribution in [3.8, 4) is 16.6 Å². The molecule has 1 atom stereocenters. The van der Waals surface area contributed by atoms with Gasteiger partial charge in [0.15, 0.2) is 11.0 Å². The van der Waals surface area contributed by atoms with E-state index in [4.69, 9.17) is 4.52 Å². The predicted octanol–water partition coefficient (Wildman–Crippen LogP) is 3.17. The van der Waals surface area contributed by atoms with E-state index in [1.54, 1.807) is 11.3 Å². The van der Waals surface area contributed by atoms with Crippen LogP contribution in [0.1, 0.15) is 24.1 Å². The Bertz CT molecular complexity index is 765. The Labute approximate surface area is 145 Å². The van der Waals surface area contributed by atoms with Crippen molar-refractivity contribution in [3.05, 3.63) is 34.9 Å². The molecule has 0 bridgehead atoms. The highest BCUT2D eigenvalue weighted by Gasteiger charge is 2.18. The Morgan fingerprint density at radius 2 is 2.17 bits per heavy atom. The number of rotatable bonds is 5. The molecule has 0 fully saturated rings. The van der Waals surface area contributed by atoms with Gasteiger partial charge in [-0.05, 0) is 33.9 Å². The first-order valence-electron chi connectivity index (χ1n) is 7.19. The summed E-state index contributed by atoms with van der Waals surface area (Å²) in [5.74, 6) is 1.28. The standard InChI is InChI=1S/C15H19N5OS.ClH/c1-9(16-4)7-13-18-14(21-19-13)12-8-10(2)20(11(12)3)15-17-5-6-22-15;/h5-6,8-9,16H,7H2,1-4H3;1H. The Balaban J connectivity index is 0.00000192. The Morgan fingerprint density at radius 3 is 2.83 bits per heavy atom. The second-order valence-corrected chi connectivity index (χ2v) is 6.22. The molecule has 0 saturated carbocycles. The van der Waals surface area contributed by atoms with Gasteiger partial charge in [-0.2, -0.15) is 4.98 Å². The maximum Gasteiger partial charge on any atom is 0.259 e. The third-order valence-corrected chi connectivity index (χ3v) is 4.48. The van der Waals surface area contributed by atoms with Crippen molar-refractivity contribution in [1.82, 2.24) is 25.0 Å². The van der Waals surface area contributed by atoms with Gasteiger partial charge in [-0.25, -0.2) is 4.98 Å². The molecule has 6 nitrogen and oxygen atoms in total. The fraction of sp³-hybridized carbons (Fsp3) is 0.400. The van der Waals surface area contributed by atoms with Crippen LogP contribution in [0, 0.1) is 13.8 Å². The number of likely N-dealkylation sites (N-methyl/N-ethyl adjacent to an activating group) is 1. The molecule has 0 aromatic carbocycles. The summed E-state index contributed by atoms with van der Waals surface area (Å²) in [5.41, 5.74) is 3.12. The third kappa shape index (κ3) is 3.46. The van der Waals surface area contributed by atoms with Gasteiger partial charge in [0.1, 0.15) is 0 Å². The third-order valence-electron chi connectivity index (χ3n) is 3.72. The molecule has 0 aliphatic heterocycles. The van der Waals surface area contributed by atoms with Crippen LogP contribution in [0.25, 0.3) is 16.6 Å². The summed E-state index contributed by atoms with van der Waals surface area (Å²) in [6.07, 6.45) is 2.55. The first-order valence-corrected chi connectivity index (χ1v) is 8.07. The molecule has 3 rings (SSSR count). The second kappa shape index (κ2) is 7.25. The van der Waals surface area contributed by atoms with Crippen molar-refractivity contribution in [3.63, 3.8) is 0 Å². The second-order valence-electron chi connectivity index (χ2n) is 5.34. The van der Waals surface area contributed by atoms with Gasteiger partial charge in [0.05, 0.1) is 5.56 Å². The molecule has 0 aliphatic carbocycles. The monoisotopic (exact) mass is 353 g/mol. The molecule has 8 heteroatoms. The molecule has 0 aliphatic rings. The highest BCUT2D eigenvalue weighted by molar-refractivity contribution is 7.12. The zero-order chi connectivity index (χ0) is 15.7. The normalized spacial score (nSPS) is 12.2. The van der Waals surface area contributed by atoms with E-state index in [0.717, 1.165) is 34.3 Å². The van der Waals surface area contributed by atoms with Crippen molar-refractivity contribution in [2.24, 2.45) is 0 Å². The lowest BCUT2D eigenvalue weighted by molar-refractivity contribution is 0.418. The maximum atomic E-state index is 5.44. The molecule has 0 amide bonds. The SMILES string of the molecule is CNC(C)Cc1noc(-c2cc(C)n(-c3nccs3)c2C)n1.Cl. The van der Waals surface area contributed by atoms with Gasteiger partial charge in [0.25, 0.3) is 5.89 Å². The summed E-state index contributed by atoms with van der Waals surface area (Å²) in [6, 6.07) is 2.38. The van der Waals surface area contributed by atoms with E-state index in [0.29, 0.717) is 11.9 Å². The molecule has 3 heterocycles. The molecule has 1 unspecified atom stereocenters. The van der Waals surface area contributed by atoms with E-state index < -0.39 is 0 Å². The van der Waals surface area contributed by atoms with E-state index in [-0.39, 0.29) is 12.4 Å². The van der Waals surface area contributed by atoms with Crippen LogP contribution in [-0.4, -0.2) is 32.8 Å². The van der Waals surface area contributed by atoms with Crippen LogP contribution in [0.3, 0.4) is 0 Å². The van der Waals surface area contributed by atoms with Gasteiger partial charge in [-0.1, -0.05) is 5.16 Å². The van der Waals surface area contributed by atoms with Gasteiger partial charge < -0.3 is 9.84 Å². The van der Waals surface area contributed by atoms with Gasteiger partial charge in [0, 0.05) is 35.4 Å². The van der Waals surface area contributed by atoms with Crippen molar-refractivity contribution in [2.45, 2.75) is 33.2 Å². The average Bonchev–Trinajstić information content (AvgIpc) is 3.20. The summed E-state index contributed by atoms with van der Waals surface area (Å²) in [7, 11) is 1.92. The summed E-state index contributed by atoms with van der Waals surface area (Å²) >= 11 is 1.61. The van der Waals surface area contributed by atoms with E-state index in [1.807, 2.05) is 25.5 Å². The molecule has 3 aromatic heterocycles. The lowest BCUT2D eigenvalue weighted by atomic mass is 10.2. The number of aryl methyl sites for hydroxylation is 1. The van der Waals surface area contributed by atoms with E-state index in [1.165, 1.54) is 0 Å². The van der Waals surface area contributed by atoms with E-state index >= 15 is 0 Å². The number of nitrogens with zero attached hydrogens (tertiary/aromatic N) is 4. The minimum absolute atomic E-state index is 0. The van der Waals surface area contributed by atoms with Crippen LogP contribution < -0.4 is 5.32 Å². The van der Waals surface area contributed by atoms with Crippen LogP contribution in [0.4, 0.5) is 0 Å². The van der Waals surface area contributed by atoms with Crippen LogP contribution in [0.5, 0.6) is 0 Å². The van der Waals surface area contributed by atoms with Crippen molar-refractivity contribution >= 4 is 23.7 Å². The molecule has 0 saturated heterocycles. The molecular weight excluding hydrogens is 334 g/mol. The molecule has 23 heavy (non-hydrogen) atoms. The van der Waals surface area contributed by atoms with Gasteiger partial charge in [0.2, 0.25) is 0 Å². The van der Waals surface area contributed by atoms with Gasteiger partial charge in [-0.15, -0.1) is 23.7 Å². The number of hydrogen-bond acceptors (Lipinski definition) is 6. The molecule has 0 spiro atoms. The van der Waals surface area contributed by atoms with Crippen molar-refractivity contribution in [1.29, 1.82) is 0 Å². The molecular formula is C15H20ClN5OS. The zero-order valence-corrected chi connectivity index (χ0v) is 15.2. The summed E-state index contributed by atoms with van der Waals surface area (Å²) < 4.78 is 7.55. The smallest absolute Gasteiger partial charge is 0.259 e. The quantitative estimate of drug-likeness (QED) is 0.763. The van der Waals surface area contributed by atoms with Gasteiger partial charge >= 0.3 is 0 Å². The highest BCUT2D eigenvalue weighted by atomic mass is 35.5. The van der Waals surface area contributed by atoms with E-state index in [2.05, 4.69) is 44.9 Å². The van der Waals surface area contributed by atoms with Crippen molar-refractivity contribution in [2.75, 3.05) is 7.05 Å². The highest BCUT2D eigenvalue weighted by Crippen LogP contribution is 2.29. The lowest BCUT2D eigenvalue weighted by Crippen LogP contribution is -2.24. The fourth-order valence-corrected chi connectivity index (χ4v) is 3.17. The predicted molar refractivity (Wildman–Crippen MR) is 93.7 cm³/mol. The summed E-state index contributed by atoms with van der Waals surface area (Å²) in [6.45, 7) is 6.19. The van der Waals surface area contributed by atoms with Crippen LogP contribution in [0.2, 0.25) is 0 Å². The number of aromatic nitrogens is 4. The lowest BCUT2D eigenvalue weighted by Gasteiger charge is -2.05. The van der Waals surface area contributed by atoms with Crippen LogP contribution in [-0.2, 0) is 6.42 Å². The minimum Gasteiger partial charge on any atom is -0.334 e. The summed E-state index contributed by atoms with van der Waals surface area (Å²) in [5, 5.41) is 10.2. The Kier molecular flexibility index (Phi) is 5.56. The summed E-state index contributed by atoms with van der Waals surface area (Å²) in [4.78, 5) is 8.89. The van der Waals surface area contributed by atoms with E-state index in [9.17, 15) is 0 Å². The van der Waals surface area contributed by atoms with Crippen LogP contribution >= 0.6 is 23.7 Å². The van der Waals surface area contributed by atoms with Gasteiger partial charge in [-0.3, -0.25) is 4.57 Å². The fourth-order valence-electron chi connectivity index (χ4n) is 2.42. The Morgan fingerprint density at radius 1 is 1.39 bits per heavy atom. The van der Waals surface area contributed by atoms with Crippen molar-refractivity contribution < 1.29 is 4.52 Å². The maximum absolute atomic E-state index is 5.44. The van der Waals surface area contributed by atoms with Crippen LogP contribution in [0.15, 0.2) is 22.2 Å². The molecule has 3 aromatic rings. The molecule has 0 radical (unpaired) electrons. The molecule has 124 valence electrons. The topological polar surface area (TPSA) is 68.8 Å². The number of hydrogen-bond donors (Lipinski definition) is 1. The number of halogens is 1. The minimum atomic E-state index is 0. The molecule has 1 N–H and O–H groups in total. The number of nitrogens with one attached hydrogen (secondary N) is 1. The zero-order valence-electron chi connectivity index (χ0n) is 13.5. The first-order chi connectivity index (χ1) is 10.6. The first kappa shape index (κ1) is 17.7. The number of thiazole rings is 1. The largest absolute Gasteiger partial charge is 0.334 e. The Hall–Kier alpha value is -1.70. The average molecular weight is 354 g/mol.